The molecule has 0 radical (unpaired) electrons. The number of ether oxygens (including phenoxy) is 1. The van der Waals surface area contributed by atoms with Crippen molar-refractivity contribution in [1.29, 1.82) is 10.5 Å². The first-order chi connectivity index (χ1) is 13.6. The summed E-state index contributed by atoms with van der Waals surface area (Å²) in [6.07, 6.45) is 3.90. The SMILES string of the molecule is Cn1nc(C2CC2)cc1Oc1cc(C#N)ccc1-c1ccc(C(N)C#N)cn1. The molecule has 28 heavy (non-hydrogen) atoms. The van der Waals surface area contributed by atoms with Crippen LogP contribution in [0, 0.1) is 22.7 Å². The van der Waals surface area contributed by atoms with E-state index in [1.807, 2.05) is 19.2 Å². The van der Waals surface area contributed by atoms with Crippen LogP contribution in [0.4, 0.5) is 0 Å². The molecule has 1 aliphatic rings. The van der Waals surface area contributed by atoms with Crippen LogP contribution in [0.1, 0.15) is 41.6 Å². The first-order valence-corrected chi connectivity index (χ1v) is 8.96. The lowest BCUT2D eigenvalue weighted by molar-refractivity contribution is 0.431. The number of benzene rings is 1. The summed E-state index contributed by atoms with van der Waals surface area (Å²) in [6.45, 7) is 0. The number of hydrogen-bond donors (Lipinski definition) is 1. The Balaban J connectivity index is 1.70. The fourth-order valence-electron chi connectivity index (χ4n) is 2.97. The maximum Gasteiger partial charge on any atom is 0.217 e. The first-order valence-electron chi connectivity index (χ1n) is 8.96. The third-order valence-electron chi connectivity index (χ3n) is 4.74. The maximum absolute atomic E-state index is 9.27. The molecule has 138 valence electrons. The number of aryl methyl sites for hydroxylation is 1. The molecule has 0 spiro atoms. The standard InChI is InChI=1S/C21H18N6O/c1-27-21(9-19(26-27)14-3-4-14)28-20-8-13(10-22)2-6-16(20)18-7-5-15(12-25-18)17(24)11-23/h2,5-9,12,14,17H,3-4,24H2,1H3. The van der Waals surface area contributed by atoms with Gasteiger partial charge in [0, 0.05) is 36.4 Å². The third kappa shape index (κ3) is 3.44. The molecule has 3 aromatic rings. The van der Waals surface area contributed by atoms with Crippen molar-refractivity contribution in [2.75, 3.05) is 0 Å². The van der Waals surface area contributed by atoms with E-state index in [2.05, 4.69) is 16.2 Å². The van der Waals surface area contributed by atoms with Gasteiger partial charge in [0.15, 0.2) is 0 Å². The molecule has 0 amide bonds. The highest BCUT2D eigenvalue weighted by Crippen LogP contribution is 2.41. The monoisotopic (exact) mass is 370 g/mol. The lowest BCUT2D eigenvalue weighted by Gasteiger charge is -2.12. The number of aromatic nitrogens is 3. The Kier molecular flexibility index (Phi) is 4.52. The van der Waals surface area contributed by atoms with Crippen LogP contribution in [0.2, 0.25) is 0 Å². The van der Waals surface area contributed by atoms with Gasteiger partial charge in [-0.3, -0.25) is 4.98 Å². The van der Waals surface area contributed by atoms with Gasteiger partial charge in [-0.1, -0.05) is 6.07 Å². The Morgan fingerprint density at radius 2 is 2.04 bits per heavy atom. The second kappa shape index (κ2) is 7.15. The quantitative estimate of drug-likeness (QED) is 0.735. The lowest BCUT2D eigenvalue weighted by atomic mass is 10.1. The fourth-order valence-corrected chi connectivity index (χ4v) is 2.97. The topological polar surface area (TPSA) is 114 Å². The fraction of sp³-hybridized carbons (Fsp3) is 0.238. The highest BCUT2D eigenvalue weighted by atomic mass is 16.5. The molecule has 2 heterocycles. The van der Waals surface area contributed by atoms with Crippen LogP contribution in [0.3, 0.4) is 0 Å². The van der Waals surface area contributed by atoms with E-state index in [4.69, 9.17) is 15.7 Å². The van der Waals surface area contributed by atoms with Gasteiger partial charge < -0.3 is 10.5 Å². The minimum Gasteiger partial charge on any atom is -0.439 e. The number of pyridine rings is 1. The van der Waals surface area contributed by atoms with Crippen LogP contribution in [0.25, 0.3) is 11.3 Å². The van der Waals surface area contributed by atoms with Crippen LogP contribution in [-0.2, 0) is 7.05 Å². The molecule has 7 heteroatoms. The van der Waals surface area contributed by atoms with Gasteiger partial charge in [-0.05, 0) is 37.1 Å². The zero-order valence-corrected chi connectivity index (χ0v) is 15.3. The van der Waals surface area contributed by atoms with Gasteiger partial charge in [0.05, 0.1) is 29.1 Å². The molecule has 1 aliphatic carbocycles. The Labute approximate surface area is 162 Å². The van der Waals surface area contributed by atoms with Gasteiger partial charge in [0.1, 0.15) is 11.8 Å². The van der Waals surface area contributed by atoms with E-state index >= 15 is 0 Å². The van der Waals surface area contributed by atoms with E-state index in [9.17, 15) is 5.26 Å². The summed E-state index contributed by atoms with van der Waals surface area (Å²) in [7, 11) is 1.84. The van der Waals surface area contributed by atoms with E-state index < -0.39 is 6.04 Å². The van der Waals surface area contributed by atoms with Crippen LogP contribution >= 0.6 is 0 Å². The van der Waals surface area contributed by atoms with E-state index in [0.29, 0.717) is 34.4 Å². The van der Waals surface area contributed by atoms with Crippen LogP contribution in [0.15, 0.2) is 42.6 Å². The summed E-state index contributed by atoms with van der Waals surface area (Å²) in [5, 5.41) is 22.7. The Bertz CT molecular complexity index is 1100. The van der Waals surface area contributed by atoms with Crippen molar-refractivity contribution in [2.24, 2.45) is 12.8 Å². The van der Waals surface area contributed by atoms with Crippen LogP contribution < -0.4 is 10.5 Å². The lowest BCUT2D eigenvalue weighted by Crippen LogP contribution is -2.07. The molecule has 0 aliphatic heterocycles. The molecule has 1 atom stereocenters. The van der Waals surface area contributed by atoms with Crippen molar-refractivity contribution in [2.45, 2.75) is 24.8 Å². The molecule has 2 aromatic heterocycles. The van der Waals surface area contributed by atoms with E-state index in [1.54, 1.807) is 41.2 Å². The number of nitriles is 2. The summed E-state index contributed by atoms with van der Waals surface area (Å²) in [4.78, 5) is 4.43. The summed E-state index contributed by atoms with van der Waals surface area (Å²) < 4.78 is 7.83. The molecule has 1 aromatic carbocycles. The van der Waals surface area contributed by atoms with Gasteiger partial charge in [-0.25, -0.2) is 4.68 Å². The second-order valence-electron chi connectivity index (χ2n) is 6.81. The highest BCUT2D eigenvalue weighted by molar-refractivity contribution is 5.69. The molecule has 7 nitrogen and oxygen atoms in total. The Morgan fingerprint density at radius 3 is 2.68 bits per heavy atom. The summed E-state index contributed by atoms with van der Waals surface area (Å²) in [5.74, 6) is 1.66. The normalized spacial score (nSPS) is 14.1. The van der Waals surface area contributed by atoms with Crippen molar-refractivity contribution in [3.63, 3.8) is 0 Å². The van der Waals surface area contributed by atoms with Crippen molar-refractivity contribution < 1.29 is 4.74 Å². The molecule has 0 saturated heterocycles. The maximum atomic E-state index is 9.27. The van der Waals surface area contributed by atoms with Gasteiger partial charge >= 0.3 is 0 Å². The molecule has 2 N–H and O–H groups in total. The zero-order valence-electron chi connectivity index (χ0n) is 15.3. The third-order valence-corrected chi connectivity index (χ3v) is 4.74. The zero-order chi connectivity index (χ0) is 19.7. The molecule has 1 fully saturated rings. The van der Waals surface area contributed by atoms with Crippen molar-refractivity contribution in [3.8, 4) is 35.0 Å². The number of hydrogen-bond acceptors (Lipinski definition) is 6. The number of nitrogens with two attached hydrogens (primary N) is 1. The Morgan fingerprint density at radius 1 is 1.21 bits per heavy atom. The molecule has 1 unspecified atom stereocenters. The predicted octanol–water partition coefficient (Wildman–Crippen LogP) is 3.55. The van der Waals surface area contributed by atoms with E-state index in [-0.39, 0.29) is 0 Å². The van der Waals surface area contributed by atoms with E-state index in [1.165, 1.54) is 0 Å². The first kappa shape index (κ1) is 17.7. The van der Waals surface area contributed by atoms with Crippen molar-refractivity contribution in [3.05, 3.63) is 59.4 Å². The minimum atomic E-state index is -0.714. The smallest absolute Gasteiger partial charge is 0.217 e. The Hall–Kier alpha value is -3.68. The highest BCUT2D eigenvalue weighted by Gasteiger charge is 2.27. The van der Waals surface area contributed by atoms with Gasteiger partial charge in [-0.15, -0.1) is 0 Å². The van der Waals surface area contributed by atoms with Gasteiger partial charge in [0.2, 0.25) is 5.88 Å². The second-order valence-corrected chi connectivity index (χ2v) is 6.81. The number of nitrogens with zero attached hydrogens (tertiary/aromatic N) is 5. The van der Waals surface area contributed by atoms with Gasteiger partial charge in [0.25, 0.3) is 0 Å². The van der Waals surface area contributed by atoms with Crippen molar-refractivity contribution in [1.82, 2.24) is 14.8 Å². The molecule has 1 saturated carbocycles. The van der Waals surface area contributed by atoms with Gasteiger partial charge in [-0.2, -0.15) is 15.6 Å². The molecule has 0 bridgehead atoms. The van der Waals surface area contributed by atoms with Crippen LogP contribution in [-0.4, -0.2) is 14.8 Å². The van der Waals surface area contributed by atoms with E-state index in [0.717, 1.165) is 24.1 Å². The van der Waals surface area contributed by atoms with Crippen LogP contribution in [0.5, 0.6) is 11.6 Å². The minimum absolute atomic E-state index is 0.492. The average molecular weight is 370 g/mol. The largest absolute Gasteiger partial charge is 0.439 e. The van der Waals surface area contributed by atoms with Crippen molar-refractivity contribution >= 4 is 0 Å². The molecule has 4 rings (SSSR count). The summed E-state index contributed by atoms with van der Waals surface area (Å²) >= 11 is 0. The molecular weight excluding hydrogens is 352 g/mol. The predicted molar refractivity (Wildman–Crippen MR) is 102 cm³/mol. The summed E-state index contributed by atoms with van der Waals surface area (Å²) in [5.41, 5.74) is 9.30. The summed E-state index contributed by atoms with van der Waals surface area (Å²) in [6, 6.07) is 14.1. The average Bonchev–Trinajstić information content (AvgIpc) is 3.51. The number of rotatable bonds is 5. The molecular formula is C21H18N6O.